The van der Waals surface area contributed by atoms with Gasteiger partial charge in [-0.2, -0.15) is 5.26 Å². The molecule has 0 saturated heterocycles. The number of hydrogen-bond acceptors (Lipinski definition) is 4. The molecule has 1 aliphatic rings. The van der Waals surface area contributed by atoms with Crippen LogP contribution >= 0.6 is 0 Å². The number of carbonyl (C=O) groups excluding carboxylic acids is 1. The Labute approximate surface area is 113 Å². The first kappa shape index (κ1) is 13.3. The third kappa shape index (κ3) is 3.68. The van der Waals surface area contributed by atoms with Gasteiger partial charge >= 0.3 is 0 Å². The molecular formula is C14H18N4O. The van der Waals surface area contributed by atoms with E-state index in [9.17, 15) is 4.79 Å². The summed E-state index contributed by atoms with van der Waals surface area (Å²) in [7, 11) is 0. The summed E-state index contributed by atoms with van der Waals surface area (Å²) in [6.07, 6.45) is 6.04. The highest BCUT2D eigenvalue weighted by Crippen LogP contribution is 2.17. The van der Waals surface area contributed by atoms with Gasteiger partial charge in [0.25, 0.3) is 0 Å². The molecule has 1 aliphatic carbocycles. The van der Waals surface area contributed by atoms with Crippen LogP contribution in [0.5, 0.6) is 0 Å². The molecule has 0 bridgehead atoms. The third-order valence-corrected chi connectivity index (χ3v) is 3.35. The zero-order chi connectivity index (χ0) is 13.7. The minimum atomic E-state index is -0.332. The largest absolute Gasteiger partial charge is 0.359 e. The topological polar surface area (TPSA) is 77.8 Å². The molecule has 2 rings (SSSR count). The van der Waals surface area contributed by atoms with Crippen molar-refractivity contribution in [2.24, 2.45) is 0 Å². The highest BCUT2D eigenvalue weighted by Gasteiger charge is 2.20. The van der Waals surface area contributed by atoms with E-state index < -0.39 is 0 Å². The number of anilines is 1. The van der Waals surface area contributed by atoms with E-state index in [-0.39, 0.29) is 11.9 Å². The van der Waals surface area contributed by atoms with Crippen LogP contribution in [-0.4, -0.2) is 23.0 Å². The van der Waals surface area contributed by atoms with Crippen LogP contribution in [0.2, 0.25) is 0 Å². The van der Waals surface area contributed by atoms with Crippen molar-refractivity contribution in [3.63, 3.8) is 0 Å². The van der Waals surface area contributed by atoms with E-state index in [4.69, 9.17) is 5.26 Å². The second-order valence-electron chi connectivity index (χ2n) is 4.90. The number of amides is 1. The third-order valence-electron chi connectivity index (χ3n) is 3.35. The SMILES string of the molecule is C[C@@H](Nc1ccc(C#N)cn1)C(=O)NC1CCCC1. The fraction of sp³-hybridized carbons (Fsp3) is 0.500. The number of nitrogens with one attached hydrogen (secondary N) is 2. The van der Waals surface area contributed by atoms with Crippen LogP contribution in [0.4, 0.5) is 5.82 Å². The second kappa shape index (κ2) is 6.19. The molecule has 1 aromatic heterocycles. The van der Waals surface area contributed by atoms with Crippen LogP contribution < -0.4 is 10.6 Å². The maximum Gasteiger partial charge on any atom is 0.242 e. The lowest BCUT2D eigenvalue weighted by Crippen LogP contribution is -2.42. The molecule has 1 saturated carbocycles. The minimum absolute atomic E-state index is 0.00180. The summed E-state index contributed by atoms with van der Waals surface area (Å²) >= 11 is 0. The first-order chi connectivity index (χ1) is 9.19. The summed E-state index contributed by atoms with van der Waals surface area (Å²) < 4.78 is 0. The van der Waals surface area contributed by atoms with Crippen molar-refractivity contribution in [1.29, 1.82) is 5.26 Å². The quantitative estimate of drug-likeness (QED) is 0.863. The predicted molar refractivity (Wildman–Crippen MR) is 72.4 cm³/mol. The molecule has 5 nitrogen and oxygen atoms in total. The lowest BCUT2D eigenvalue weighted by molar-refractivity contribution is -0.122. The van der Waals surface area contributed by atoms with Crippen molar-refractivity contribution in [2.75, 3.05) is 5.32 Å². The van der Waals surface area contributed by atoms with Crippen LogP contribution in [0.1, 0.15) is 38.2 Å². The number of nitrogens with zero attached hydrogens (tertiary/aromatic N) is 2. The van der Waals surface area contributed by atoms with E-state index in [1.54, 1.807) is 12.1 Å². The lowest BCUT2D eigenvalue weighted by atomic mass is 10.2. The Morgan fingerprint density at radius 2 is 2.21 bits per heavy atom. The maximum atomic E-state index is 12.0. The van der Waals surface area contributed by atoms with E-state index in [1.165, 1.54) is 19.0 Å². The zero-order valence-corrected chi connectivity index (χ0v) is 11.0. The smallest absolute Gasteiger partial charge is 0.242 e. The number of hydrogen-bond donors (Lipinski definition) is 2. The van der Waals surface area contributed by atoms with Gasteiger partial charge in [-0.15, -0.1) is 0 Å². The van der Waals surface area contributed by atoms with Crippen molar-refractivity contribution < 1.29 is 4.79 Å². The molecule has 100 valence electrons. The van der Waals surface area contributed by atoms with Gasteiger partial charge in [-0.3, -0.25) is 4.79 Å². The van der Waals surface area contributed by atoms with Gasteiger partial charge in [0.15, 0.2) is 0 Å². The average Bonchev–Trinajstić information content (AvgIpc) is 2.92. The van der Waals surface area contributed by atoms with Gasteiger partial charge in [0.2, 0.25) is 5.91 Å². The molecule has 0 unspecified atom stereocenters. The van der Waals surface area contributed by atoms with Gasteiger partial charge in [-0.25, -0.2) is 4.98 Å². The van der Waals surface area contributed by atoms with Gasteiger partial charge in [0.05, 0.1) is 5.56 Å². The number of carbonyl (C=O) groups is 1. The van der Waals surface area contributed by atoms with E-state index in [0.29, 0.717) is 17.4 Å². The van der Waals surface area contributed by atoms with Crippen molar-refractivity contribution in [3.8, 4) is 6.07 Å². The zero-order valence-electron chi connectivity index (χ0n) is 11.0. The van der Waals surface area contributed by atoms with E-state index in [2.05, 4.69) is 15.6 Å². The number of aromatic nitrogens is 1. The fourth-order valence-electron chi connectivity index (χ4n) is 2.23. The molecule has 1 heterocycles. The molecule has 2 N–H and O–H groups in total. The maximum absolute atomic E-state index is 12.0. The van der Waals surface area contributed by atoms with Crippen molar-refractivity contribution in [1.82, 2.24) is 10.3 Å². The normalized spacial score (nSPS) is 16.6. The Hall–Kier alpha value is -2.09. The van der Waals surface area contributed by atoms with E-state index >= 15 is 0 Å². The minimum Gasteiger partial charge on any atom is -0.359 e. The van der Waals surface area contributed by atoms with Gasteiger partial charge in [0.1, 0.15) is 17.9 Å². The molecule has 0 spiro atoms. The molecule has 1 amide bonds. The molecule has 0 aliphatic heterocycles. The Morgan fingerprint density at radius 1 is 1.47 bits per heavy atom. The van der Waals surface area contributed by atoms with Gasteiger partial charge in [0, 0.05) is 12.2 Å². The lowest BCUT2D eigenvalue weighted by Gasteiger charge is -2.18. The summed E-state index contributed by atoms with van der Waals surface area (Å²) in [5.74, 6) is 0.603. The monoisotopic (exact) mass is 258 g/mol. The van der Waals surface area contributed by atoms with Crippen LogP contribution in [-0.2, 0) is 4.79 Å². The molecule has 5 heteroatoms. The Balaban J connectivity index is 1.86. The highest BCUT2D eigenvalue weighted by molar-refractivity contribution is 5.84. The summed E-state index contributed by atoms with van der Waals surface area (Å²) in [5.41, 5.74) is 0.508. The first-order valence-corrected chi connectivity index (χ1v) is 6.62. The molecule has 19 heavy (non-hydrogen) atoms. The van der Waals surface area contributed by atoms with E-state index in [0.717, 1.165) is 12.8 Å². The summed E-state index contributed by atoms with van der Waals surface area (Å²) in [5, 5.41) is 14.8. The van der Waals surface area contributed by atoms with Crippen LogP contribution in [0.15, 0.2) is 18.3 Å². The molecule has 1 aromatic rings. The Morgan fingerprint density at radius 3 is 2.79 bits per heavy atom. The summed E-state index contributed by atoms with van der Waals surface area (Å²) in [4.78, 5) is 16.1. The summed E-state index contributed by atoms with van der Waals surface area (Å²) in [6.45, 7) is 1.81. The highest BCUT2D eigenvalue weighted by atomic mass is 16.2. The fourth-order valence-corrected chi connectivity index (χ4v) is 2.23. The average molecular weight is 258 g/mol. The molecule has 1 atom stereocenters. The van der Waals surface area contributed by atoms with Crippen molar-refractivity contribution in [2.45, 2.75) is 44.7 Å². The van der Waals surface area contributed by atoms with Gasteiger partial charge in [-0.05, 0) is 31.9 Å². The van der Waals surface area contributed by atoms with Crippen molar-refractivity contribution in [3.05, 3.63) is 23.9 Å². The van der Waals surface area contributed by atoms with Gasteiger partial charge < -0.3 is 10.6 Å². The summed E-state index contributed by atoms with van der Waals surface area (Å²) in [6, 6.07) is 5.39. The Kier molecular flexibility index (Phi) is 4.35. The van der Waals surface area contributed by atoms with Gasteiger partial charge in [-0.1, -0.05) is 12.8 Å². The predicted octanol–water partition coefficient (Wildman–Crippen LogP) is 1.81. The Bertz CT molecular complexity index is 471. The van der Waals surface area contributed by atoms with Crippen LogP contribution in [0.3, 0.4) is 0 Å². The number of rotatable bonds is 4. The molecule has 0 aromatic carbocycles. The standard InChI is InChI=1S/C14H18N4O/c1-10(14(19)18-12-4-2-3-5-12)17-13-7-6-11(8-15)9-16-13/h6-7,9-10,12H,2-5H2,1H3,(H,16,17)(H,18,19)/t10-/m1/s1. The molecule has 0 radical (unpaired) electrons. The first-order valence-electron chi connectivity index (χ1n) is 6.62. The number of pyridine rings is 1. The van der Waals surface area contributed by atoms with Crippen LogP contribution in [0.25, 0.3) is 0 Å². The molecular weight excluding hydrogens is 240 g/mol. The van der Waals surface area contributed by atoms with Crippen molar-refractivity contribution >= 4 is 11.7 Å². The second-order valence-corrected chi connectivity index (χ2v) is 4.90. The number of nitriles is 1. The molecule has 1 fully saturated rings. The van der Waals surface area contributed by atoms with Crippen LogP contribution in [0, 0.1) is 11.3 Å². The van der Waals surface area contributed by atoms with E-state index in [1.807, 2.05) is 13.0 Å².